The number of carbonyl (C=O) groups is 1. The van der Waals surface area contributed by atoms with Crippen molar-refractivity contribution < 1.29 is 9.18 Å². The molecule has 0 N–H and O–H groups in total. The minimum absolute atomic E-state index is 0.0369. The number of allylic oxidation sites excluding steroid dienone is 1. The molecule has 1 amide bonds. The summed E-state index contributed by atoms with van der Waals surface area (Å²) < 4.78 is 13.5. The fourth-order valence-electron chi connectivity index (χ4n) is 8.08. The van der Waals surface area contributed by atoms with Crippen LogP contribution < -0.4 is 9.80 Å². The fraction of sp³-hybridized carbons (Fsp3) is 0.512. The molecular formula is C43H57FN4O. The number of nitrogens with zero attached hydrogens (tertiary/aromatic N) is 4. The molecule has 262 valence electrons. The molecule has 49 heavy (non-hydrogen) atoms. The van der Waals surface area contributed by atoms with Gasteiger partial charge in [-0.05, 0) is 163 Å². The Bertz CT molecular complexity index is 1420. The van der Waals surface area contributed by atoms with Crippen LogP contribution >= 0.6 is 0 Å². The first-order valence-electron chi connectivity index (χ1n) is 19.2. The Morgan fingerprint density at radius 3 is 1.90 bits per heavy atom. The van der Waals surface area contributed by atoms with Crippen LogP contribution in [0.4, 0.5) is 15.8 Å². The molecule has 6 heteroatoms. The number of likely N-dealkylation sites (tertiary alicyclic amines) is 2. The predicted molar refractivity (Wildman–Crippen MR) is 202 cm³/mol. The second-order valence-electron chi connectivity index (χ2n) is 14.6. The molecule has 5 nitrogen and oxygen atoms in total. The Morgan fingerprint density at radius 2 is 1.29 bits per heavy atom. The van der Waals surface area contributed by atoms with Gasteiger partial charge in [0, 0.05) is 36.6 Å². The van der Waals surface area contributed by atoms with Crippen LogP contribution in [-0.4, -0.2) is 74.6 Å². The lowest BCUT2D eigenvalue weighted by molar-refractivity contribution is 0.0988. The number of halogens is 1. The van der Waals surface area contributed by atoms with Gasteiger partial charge in [0.15, 0.2) is 0 Å². The lowest BCUT2D eigenvalue weighted by Crippen LogP contribution is -2.36. The van der Waals surface area contributed by atoms with E-state index in [0.29, 0.717) is 18.0 Å². The van der Waals surface area contributed by atoms with Crippen LogP contribution in [0.5, 0.6) is 0 Å². The van der Waals surface area contributed by atoms with Crippen molar-refractivity contribution in [2.45, 2.75) is 77.0 Å². The second kappa shape index (κ2) is 18.5. The maximum atomic E-state index is 14.1. The highest BCUT2D eigenvalue weighted by atomic mass is 19.1. The molecule has 0 spiro atoms. The summed E-state index contributed by atoms with van der Waals surface area (Å²) >= 11 is 0. The largest absolute Gasteiger partial charge is 0.371 e. The molecule has 3 aromatic carbocycles. The molecule has 1 atom stereocenters. The number of hydrogen-bond acceptors (Lipinski definition) is 4. The third-order valence-electron chi connectivity index (χ3n) is 10.8. The average molecular weight is 665 g/mol. The van der Waals surface area contributed by atoms with Crippen LogP contribution in [0.3, 0.4) is 0 Å². The van der Waals surface area contributed by atoms with Crippen molar-refractivity contribution in [1.82, 2.24) is 9.80 Å². The SMILES string of the molecule is O=C(c1ccccc1)N(CC1=CC(Cc2ccc(F)cc2)CCC1)c1ccc(N(CCCN2CCCCC2)CCCN2CCCCC2)cc1. The summed E-state index contributed by atoms with van der Waals surface area (Å²) in [6.07, 6.45) is 17.0. The summed E-state index contributed by atoms with van der Waals surface area (Å²) in [7, 11) is 0. The van der Waals surface area contributed by atoms with E-state index in [1.54, 1.807) is 12.1 Å². The Hall–Kier alpha value is -3.48. The average Bonchev–Trinajstić information content (AvgIpc) is 3.15. The molecule has 0 aromatic heterocycles. The van der Waals surface area contributed by atoms with Crippen LogP contribution in [-0.2, 0) is 6.42 Å². The number of hydrogen-bond donors (Lipinski definition) is 0. The van der Waals surface area contributed by atoms with E-state index in [-0.39, 0.29) is 11.7 Å². The fourth-order valence-corrected chi connectivity index (χ4v) is 8.08. The molecule has 1 unspecified atom stereocenters. The molecule has 2 heterocycles. The number of rotatable bonds is 15. The van der Waals surface area contributed by atoms with Gasteiger partial charge < -0.3 is 19.6 Å². The van der Waals surface area contributed by atoms with Gasteiger partial charge in [-0.1, -0.05) is 54.8 Å². The molecule has 3 aliphatic rings. The molecule has 1 aliphatic carbocycles. The van der Waals surface area contributed by atoms with Gasteiger partial charge in [-0.2, -0.15) is 0 Å². The molecule has 3 aromatic rings. The molecular weight excluding hydrogens is 607 g/mol. The topological polar surface area (TPSA) is 30.0 Å². The number of anilines is 2. The van der Waals surface area contributed by atoms with E-state index in [9.17, 15) is 9.18 Å². The Labute approximate surface area is 294 Å². The zero-order chi connectivity index (χ0) is 33.7. The monoisotopic (exact) mass is 664 g/mol. The second-order valence-corrected chi connectivity index (χ2v) is 14.6. The van der Waals surface area contributed by atoms with Crippen molar-refractivity contribution in [2.75, 3.05) is 68.7 Å². The smallest absolute Gasteiger partial charge is 0.258 e. The van der Waals surface area contributed by atoms with Gasteiger partial charge in [-0.15, -0.1) is 0 Å². The third kappa shape index (κ3) is 10.8. The lowest BCUT2D eigenvalue weighted by atomic mass is 9.86. The van der Waals surface area contributed by atoms with Crippen molar-refractivity contribution in [3.8, 4) is 0 Å². The van der Waals surface area contributed by atoms with E-state index in [0.717, 1.165) is 50.0 Å². The van der Waals surface area contributed by atoms with Crippen LogP contribution in [0.2, 0.25) is 0 Å². The normalized spacial score (nSPS) is 19.0. The number of benzene rings is 3. The highest BCUT2D eigenvalue weighted by Crippen LogP contribution is 2.30. The summed E-state index contributed by atoms with van der Waals surface area (Å²) in [4.78, 5) is 23.9. The highest BCUT2D eigenvalue weighted by molar-refractivity contribution is 6.06. The van der Waals surface area contributed by atoms with E-state index in [4.69, 9.17) is 0 Å². The van der Waals surface area contributed by atoms with Gasteiger partial charge in [0.2, 0.25) is 0 Å². The van der Waals surface area contributed by atoms with Crippen molar-refractivity contribution in [3.05, 3.63) is 107 Å². The molecule has 0 radical (unpaired) electrons. The minimum atomic E-state index is -0.192. The van der Waals surface area contributed by atoms with Crippen LogP contribution in [0.1, 0.15) is 86.6 Å². The van der Waals surface area contributed by atoms with Crippen LogP contribution in [0, 0.1) is 11.7 Å². The first-order chi connectivity index (χ1) is 24.1. The standard InChI is InChI=1S/C43H57FN4O/c44-40-19-17-36(18-20-40)33-37-13-10-14-38(34-37)35-48(43(49)39-15-4-1-5-16-39)42-23-21-41(22-24-42)47(31-11-29-45-25-6-2-7-26-45)32-12-30-46-27-8-3-9-28-46/h1,4-5,15-24,34,37H,2-3,6-14,25-33,35H2. The molecule has 6 rings (SSSR count). The zero-order valence-corrected chi connectivity index (χ0v) is 29.6. The number of piperidine rings is 2. The van der Waals surface area contributed by atoms with E-state index in [2.05, 4.69) is 45.0 Å². The Morgan fingerprint density at radius 1 is 0.694 bits per heavy atom. The summed E-state index contributed by atoms with van der Waals surface area (Å²) in [5.41, 5.74) is 5.38. The summed E-state index contributed by atoms with van der Waals surface area (Å²) in [5, 5.41) is 0. The van der Waals surface area contributed by atoms with Gasteiger partial charge in [-0.25, -0.2) is 4.39 Å². The molecule has 2 aliphatic heterocycles. The van der Waals surface area contributed by atoms with Crippen LogP contribution in [0.25, 0.3) is 0 Å². The molecule has 2 saturated heterocycles. The van der Waals surface area contributed by atoms with E-state index in [1.807, 2.05) is 47.4 Å². The third-order valence-corrected chi connectivity index (χ3v) is 10.8. The Balaban J connectivity index is 1.16. The van der Waals surface area contributed by atoms with Crippen molar-refractivity contribution >= 4 is 17.3 Å². The van der Waals surface area contributed by atoms with Crippen molar-refractivity contribution in [3.63, 3.8) is 0 Å². The maximum absolute atomic E-state index is 14.1. The Kier molecular flexibility index (Phi) is 13.3. The molecule has 0 saturated carbocycles. The van der Waals surface area contributed by atoms with E-state index >= 15 is 0 Å². The highest BCUT2D eigenvalue weighted by Gasteiger charge is 2.23. The van der Waals surface area contributed by atoms with E-state index < -0.39 is 0 Å². The lowest BCUT2D eigenvalue weighted by Gasteiger charge is -2.31. The van der Waals surface area contributed by atoms with Gasteiger partial charge in [0.05, 0.1) is 0 Å². The first kappa shape index (κ1) is 35.3. The summed E-state index contributed by atoms with van der Waals surface area (Å²) in [5.74, 6) is 0.242. The summed E-state index contributed by atoms with van der Waals surface area (Å²) in [6.45, 7) is 10.1. The maximum Gasteiger partial charge on any atom is 0.258 e. The van der Waals surface area contributed by atoms with Crippen molar-refractivity contribution in [2.24, 2.45) is 5.92 Å². The quantitative estimate of drug-likeness (QED) is 0.152. The zero-order valence-electron chi connectivity index (χ0n) is 29.6. The molecule has 0 bridgehead atoms. The number of amides is 1. The molecule has 2 fully saturated rings. The van der Waals surface area contributed by atoms with Gasteiger partial charge in [0.1, 0.15) is 5.82 Å². The van der Waals surface area contributed by atoms with E-state index in [1.165, 1.54) is 102 Å². The predicted octanol–water partition coefficient (Wildman–Crippen LogP) is 9.00. The van der Waals surface area contributed by atoms with Gasteiger partial charge in [-0.3, -0.25) is 4.79 Å². The first-order valence-corrected chi connectivity index (χ1v) is 19.2. The number of carbonyl (C=O) groups excluding carboxylic acids is 1. The van der Waals surface area contributed by atoms with Gasteiger partial charge >= 0.3 is 0 Å². The minimum Gasteiger partial charge on any atom is -0.371 e. The van der Waals surface area contributed by atoms with Crippen molar-refractivity contribution in [1.29, 1.82) is 0 Å². The van der Waals surface area contributed by atoms with Crippen LogP contribution in [0.15, 0.2) is 90.5 Å². The van der Waals surface area contributed by atoms with Gasteiger partial charge in [0.25, 0.3) is 5.91 Å². The summed E-state index contributed by atoms with van der Waals surface area (Å²) in [6, 6.07) is 25.4.